The molecule has 2 atom stereocenters. The SMILES string of the molecule is CN1C2CCC1CC(CNS(=O)(=O)c1c(N)ncn1C)C2. The van der Waals surface area contributed by atoms with Gasteiger partial charge in [-0.05, 0) is 38.6 Å². The van der Waals surface area contributed by atoms with Gasteiger partial charge in [-0.1, -0.05) is 0 Å². The Morgan fingerprint density at radius 2 is 1.95 bits per heavy atom. The molecule has 0 spiro atoms. The van der Waals surface area contributed by atoms with Crippen LogP contribution in [-0.2, 0) is 17.1 Å². The maximum absolute atomic E-state index is 12.4. The first-order valence-corrected chi connectivity index (χ1v) is 8.85. The first-order valence-electron chi connectivity index (χ1n) is 7.37. The number of nitrogens with zero attached hydrogens (tertiary/aromatic N) is 3. The average molecular weight is 313 g/mol. The second-order valence-electron chi connectivity index (χ2n) is 6.29. The third-order valence-corrected chi connectivity index (χ3v) is 6.47. The molecule has 2 aliphatic heterocycles. The third kappa shape index (κ3) is 2.67. The van der Waals surface area contributed by atoms with Gasteiger partial charge in [-0.15, -0.1) is 0 Å². The number of imidazole rings is 1. The quantitative estimate of drug-likeness (QED) is 0.825. The van der Waals surface area contributed by atoms with E-state index in [9.17, 15) is 8.42 Å². The molecule has 1 aromatic heterocycles. The van der Waals surface area contributed by atoms with Crippen LogP contribution in [0.25, 0.3) is 0 Å². The van der Waals surface area contributed by atoms with Crippen molar-refractivity contribution in [2.45, 2.75) is 42.8 Å². The van der Waals surface area contributed by atoms with Gasteiger partial charge in [0.25, 0.3) is 10.0 Å². The third-order valence-electron chi connectivity index (χ3n) is 4.92. The van der Waals surface area contributed by atoms with Crippen LogP contribution in [-0.4, -0.2) is 48.5 Å². The molecular weight excluding hydrogens is 290 g/mol. The van der Waals surface area contributed by atoms with Crippen molar-refractivity contribution in [2.24, 2.45) is 13.0 Å². The lowest BCUT2D eigenvalue weighted by Crippen LogP contribution is -2.43. The summed E-state index contributed by atoms with van der Waals surface area (Å²) in [6.07, 6.45) is 6.02. The van der Waals surface area contributed by atoms with E-state index in [-0.39, 0.29) is 10.8 Å². The van der Waals surface area contributed by atoms with E-state index >= 15 is 0 Å². The first-order chi connectivity index (χ1) is 9.88. The number of hydrogen-bond acceptors (Lipinski definition) is 5. The van der Waals surface area contributed by atoms with Crippen LogP contribution < -0.4 is 10.5 Å². The number of sulfonamides is 1. The molecule has 0 saturated carbocycles. The summed E-state index contributed by atoms with van der Waals surface area (Å²) in [6, 6.07) is 1.22. The Morgan fingerprint density at radius 3 is 2.48 bits per heavy atom. The van der Waals surface area contributed by atoms with Gasteiger partial charge in [0.1, 0.15) is 0 Å². The minimum atomic E-state index is -3.59. The molecule has 3 rings (SSSR count). The Kier molecular flexibility index (Phi) is 3.71. The largest absolute Gasteiger partial charge is 0.381 e. The first kappa shape index (κ1) is 14.8. The fraction of sp³-hybridized carbons (Fsp3) is 0.769. The molecule has 8 heteroatoms. The van der Waals surface area contributed by atoms with Gasteiger partial charge in [-0.2, -0.15) is 0 Å². The summed E-state index contributed by atoms with van der Waals surface area (Å²) in [5.41, 5.74) is 5.65. The topological polar surface area (TPSA) is 93.2 Å². The molecule has 0 aliphatic carbocycles. The van der Waals surface area contributed by atoms with Crippen molar-refractivity contribution in [1.29, 1.82) is 0 Å². The van der Waals surface area contributed by atoms with Gasteiger partial charge in [0.05, 0.1) is 6.33 Å². The molecular formula is C13H23N5O2S. The predicted octanol–water partition coefficient (Wildman–Crippen LogP) is 0.153. The van der Waals surface area contributed by atoms with Crippen molar-refractivity contribution >= 4 is 15.8 Å². The summed E-state index contributed by atoms with van der Waals surface area (Å²) in [5, 5.41) is 0.0541. The number of fused-ring (bicyclic) bond motifs is 2. The molecule has 7 nitrogen and oxygen atoms in total. The van der Waals surface area contributed by atoms with Crippen LogP contribution in [0, 0.1) is 5.92 Å². The summed E-state index contributed by atoms with van der Waals surface area (Å²) < 4.78 is 28.9. The van der Waals surface area contributed by atoms with Crippen molar-refractivity contribution < 1.29 is 8.42 Å². The van der Waals surface area contributed by atoms with Gasteiger partial charge in [0, 0.05) is 25.7 Å². The Bertz CT molecular complexity index is 593. The zero-order valence-electron chi connectivity index (χ0n) is 12.5. The summed E-state index contributed by atoms with van der Waals surface area (Å²) >= 11 is 0. The highest BCUT2D eigenvalue weighted by Gasteiger charge is 2.38. The number of nitrogen functional groups attached to an aromatic ring is 1. The van der Waals surface area contributed by atoms with Gasteiger partial charge >= 0.3 is 0 Å². The molecule has 2 bridgehead atoms. The van der Waals surface area contributed by atoms with E-state index in [0.29, 0.717) is 24.5 Å². The molecule has 2 aliphatic rings. The predicted molar refractivity (Wildman–Crippen MR) is 80.1 cm³/mol. The van der Waals surface area contributed by atoms with Gasteiger partial charge in [0.2, 0.25) is 0 Å². The maximum atomic E-state index is 12.4. The minimum absolute atomic E-state index is 0.0495. The minimum Gasteiger partial charge on any atom is -0.381 e. The molecule has 3 heterocycles. The monoisotopic (exact) mass is 313 g/mol. The Morgan fingerprint density at radius 1 is 1.33 bits per heavy atom. The highest BCUT2D eigenvalue weighted by molar-refractivity contribution is 7.89. The van der Waals surface area contributed by atoms with Crippen LogP contribution in [0.2, 0.25) is 0 Å². The van der Waals surface area contributed by atoms with Crippen LogP contribution in [0.1, 0.15) is 25.7 Å². The van der Waals surface area contributed by atoms with E-state index in [1.807, 2.05) is 0 Å². The number of aromatic nitrogens is 2. The normalized spacial score (nSPS) is 29.9. The maximum Gasteiger partial charge on any atom is 0.260 e. The number of nitrogens with one attached hydrogen (secondary N) is 1. The molecule has 3 N–H and O–H groups in total. The van der Waals surface area contributed by atoms with E-state index < -0.39 is 10.0 Å². The highest BCUT2D eigenvalue weighted by atomic mass is 32.2. The van der Waals surface area contributed by atoms with Gasteiger partial charge in [0.15, 0.2) is 10.8 Å². The zero-order valence-corrected chi connectivity index (χ0v) is 13.3. The summed E-state index contributed by atoms with van der Waals surface area (Å²) in [4.78, 5) is 6.28. The lowest BCUT2D eigenvalue weighted by atomic mass is 9.91. The van der Waals surface area contributed by atoms with E-state index in [0.717, 1.165) is 12.8 Å². The molecule has 0 amide bonds. The fourth-order valence-corrected chi connectivity index (χ4v) is 5.10. The number of rotatable bonds is 4. The van der Waals surface area contributed by atoms with E-state index in [2.05, 4.69) is 21.7 Å². The van der Waals surface area contributed by atoms with Crippen molar-refractivity contribution in [1.82, 2.24) is 19.2 Å². The Balaban J connectivity index is 1.66. The second kappa shape index (κ2) is 5.26. The lowest BCUT2D eigenvalue weighted by Gasteiger charge is -2.36. The van der Waals surface area contributed by atoms with Crippen LogP contribution in [0.15, 0.2) is 11.4 Å². The number of piperidine rings is 1. The standard InChI is InChI=1S/C13H23N5O2S/c1-17-8-15-12(14)13(17)21(19,20)16-7-9-5-10-3-4-11(6-9)18(10)2/h8-11,16H,3-7,14H2,1-2H3. The molecule has 21 heavy (non-hydrogen) atoms. The average Bonchev–Trinajstić information content (AvgIpc) is 2.85. The smallest absolute Gasteiger partial charge is 0.260 e. The van der Waals surface area contributed by atoms with E-state index in [1.54, 1.807) is 7.05 Å². The van der Waals surface area contributed by atoms with Crippen molar-refractivity contribution in [3.05, 3.63) is 6.33 Å². The fourth-order valence-electron chi connectivity index (χ4n) is 3.75. The lowest BCUT2D eigenvalue weighted by molar-refractivity contribution is 0.135. The highest BCUT2D eigenvalue weighted by Crippen LogP contribution is 2.37. The summed E-state index contributed by atoms with van der Waals surface area (Å²) in [6.45, 7) is 0.480. The zero-order chi connectivity index (χ0) is 15.2. The van der Waals surface area contributed by atoms with Crippen LogP contribution in [0.4, 0.5) is 5.82 Å². The molecule has 2 unspecified atom stereocenters. The molecule has 0 aromatic carbocycles. The van der Waals surface area contributed by atoms with Crippen LogP contribution in [0.3, 0.4) is 0 Å². The summed E-state index contributed by atoms with van der Waals surface area (Å²) in [7, 11) is 0.218. The molecule has 1 aromatic rings. The van der Waals surface area contributed by atoms with Gasteiger partial charge in [-0.25, -0.2) is 18.1 Å². The number of nitrogens with two attached hydrogens (primary N) is 1. The van der Waals surface area contributed by atoms with E-state index in [4.69, 9.17) is 5.73 Å². The summed E-state index contributed by atoms with van der Waals surface area (Å²) in [5.74, 6) is 0.455. The van der Waals surface area contributed by atoms with Crippen molar-refractivity contribution in [2.75, 3.05) is 19.3 Å². The van der Waals surface area contributed by atoms with Gasteiger partial charge in [-0.3, -0.25) is 0 Å². The van der Waals surface area contributed by atoms with Crippen LogP contribution >= 0.6 is 0 Å². The molecule has 118 valence electrons. The molecule has 2 fully saturated rings. The second-order valence-corrected chi connectivity index (χ2v) is 7.97. The molecule has 2 saturated heterocycles. The number of hydrogen-bond donors (Lipinski definition) is 2. The van der Waals surface area contributed by atoms with Crippen molar-refractivity contribution in [3.63, 3.8) is 0 Å². The van der Waals surface area contributed by atoms with E-state index in [1.165, 1.54) is 23.7 Å². The van der Waals surface area contributed by atoms with Crippen molar-refractivity contribution in [3.8, 4) is 0 Å². The molecule has 0 radical (unpaired) electrons. The number of aryl methyl sites for hydroxylation is 1. The Labute approximate surface area is 125 Å². The Hall–Kier alpha value is -1.12. The number of anilines is 1. The van der Waals surface area contributed by atoms with Gasteiger partial charge < -0.3 is 15.2 Å². The van der Waals surface area contributed by atoms with Crippen LogP contribution in [0.5, 0.6) is 0 Å².